The smallest absolute Gasteiger partial charge is 0.342 e. The Labute approximate surface area is 227 Å². The van der Waals surface area contributed by atoms with Crippen LogP contribution in [0.25, 0.3) is 0 Å². The summed E-state index contributed by atoms with van der Waals surface area (Å²) in [6.07, 6.45) is 5.47. The molecule has 38 heavy (non-hydrogen) atoms. The Morgan fingerprint density at radius 2 is 1.76 bits per heavy atom. The molecule has 1 aliphatic heterocycles. The van der Waals surface area contributed by atoms with E-state index in [1.165, 1.54) is 7.11 Å². The minimum Gasteiger partial charge on any atom is -0.496 e. The van der Waals surface area contributed by atoms with Crippen LogP contribution in [0.3, 0.4) is 0 Å². The maximum Gasteiger partial charge on any atom is 0.342 e. The first kappa shape index (κ1) is 32.9. The summed E-state index contributed by atoms with van der Waals surface area (Å²) in [4.78, 5) is 48.5. The summed E-state index contributed by atoms with van der Waals surface area (Å²) in [7, 11) is 1.54. The minimum absolute atomic E-state index is 0.0906. The minimum atomic E-state index is -0.535. The molecular formula is C30H44O8. The Balaban J connectivity index is 0.00000352. The normalized spacial score (nSPS) is 13.1. The van der Waals surface area contributed by atoms with Crippen LogP contribution in [0.5, 0.6) is 11.5 Å². The fourth-order valence-electron chi connectivity index (χ4n) is 4.04. The molecule has 0 amide bonds. The van der Waals surface area contributed by atoms with E-state index < -0.39 is 17.9 Å². The largest absolute Gasteiger partial charge is 0.496 e. The summed E-state index contributed by atoms with van der Waals surface area (Å²) in [6, 6.07) is 0. The van der Waals surface area contributed by atoms with Crippen LogP contribution in [0.2, 0.25) is 0 Å². The zero-order valence-electron chi connectivity index (χ0n) is 24.3. The number of carbonyl (C=O) groups excluding carboxylic acids is 4. The van der Waals surface area contributed by atoms with E-state index in [0.717, 1.165) is 17.6 Å². The van der Waals surface area contributed by atoms with Gasteiger partial charge in [-0.15, -0.1) is 0 Å². The summed E-state index contributed by atoms with van der Waals surface area (Å²) < 4.78 is 22.0. The molecule has 0 radical (unpaired) electrons. The van der Waals surface area contributed by atoms with Gasteiger partial charge in [0.2, 0.25) is 0 Å². The van der Waals surface area contributed by atoms with E-state index in [1.807, 2.05) is 40.7 Å². The first-order chi connectivity index (χ1) is 18.1. The van der Waals surface area contributed by atoms with E-state index in [4.69, 9.17) is 18.9 Å². The quantitative estimate of drug-likeness (QED) is 0.120. The Morgan fingerprint density at radius 1 is 1.08 bits per heavy atom. The van der Waals surface area contributed by atoms with Crippen molar-refractivity contribution < 1.29 is 38.1 Å². The third-order valence-electron chi connectivity index (χ3n) is 6.26. The van der Waals surface area contributed by atoms with Crippen molar-refractivity contribution in [3.8, 4) is 11.5 Å². The molecule has 8 nitrogen and oxygen atoms in total. The number of Topliss-reactive ketones (excluding diaryl/α,β-unsaturated/α-hetero) is 1. The number of fused-ring (bicyclic) bond motifs is 1. The third-order valence-corrected chi connectivity index (χ3v) is 6.26. The lowest BCUT2D eigenvalue weighted by molar-refractivity contribution is -0.143. The van der Waals surface area contributed by atoms with Gasteiger partial charge in [0.25, 0.3) is 0 Å². The highest BCUT2D eigenvalue weighted by Gasteiger charge is 2.34. The molecule has 1 aliphatic rings. The molecule has 1 atom stereocenters. The van der Waals surface area contributed by atoms with Crippen LogP contribution in [-0.4, -0.2) is 37.4 Å². The molecule has 0 saturated carbocycles. The van der Waals surface area contributed by atoms with Gasteiger partial charge in [0.1, 0.15) is 23.7 Å². The average Bonchev–Trinajstić information content (AvgIpc) is 3.28. The fraction of sp³-hybridized carbons (Fsp3) is 0.600. The number of cyclic esters (lactones) is 1. The molecule has 0 bridgehead atoms. The Kier molecular flexibility index (Phi) is 14.4. The number of methoxy groups -OCH3 is 1. The summed E-state index contributed by atoms with van der Waals surface area (Å²) in [5.41, 5.74) is 3.27. The predicted octanol–water partition coefficient (Wildman–Crippen LogP) is 6.22. The van der Waals surface area contributed by atoms with Crippen molar-refractivity contribution in [1.82, 2.24) is 0 Å². The van der Waals surface area contributed by atoms with Crippen molar-refractivity contribution >= 4 is 23.7 Å². The van der Waals surface area contributed by atoms with Crippen LogP contribution in [0, 0.1) is 12.8 Å². The van der Waals surface area contributed by atoms with Crippen molar-refractivity contribution in [2.45, 2.75) is 100 Å². The van der Waals surface area contributed by atoms with E-state index in [1.54, 1.807) is 13.8 Å². The van der Waals surface area contributed by atoms with Gasteiger partial charge < -0.3 is 23.7 Å². The highest BCUT2D eigenvalue weighted by Crippen LogP contribution is 2.43. The molecule has 8 heteroatoms. The average molecular weight is 533 g/mol. The van der Waals surface area contributed by atoms with Gasteiger partial charge in [-0.2, -0.15) is 0 Å². The van der Waals surface area contributed by atoms with Crippen molar-refractivity contribution in [2.75, 3.05) is 13.7 Å². The van der Waals surface area contributed by atoms with E-state index in [2.05, 4.69) is 0 Å². The first-order valence-electron chi connectivity index (χ1n) is 13.5. The van der Waals surface area contributed by atoms with Gasteiger partial charge in [0.05, 0.1) is 19.6 Å². The van der Waals surface area contributed by atoms with Crippen LogP contribution in [0.4, 0.5) is 0 Å². The standard InChI is InChI=1S/C28H38O8.C2H6/c1-7-9-23(30)34-15-8-10-18(3)27(31)36-26-21(14-12-17(2)11-13-19(4)29)25(33-6)20(5)22-16-35-28(32)24(22)26;1-2/h12,18H,7-11,13-16H2,1-6H3;1-2H3/b17-12+;. The summed E-state index contributed by atoms with van der Waals surface area (Å²) in [5.74, 6) is -0.924. The second-order valence-electron chi connectivity index (χ2n) is 9.29. The maximum absolute atomic E-state index is 13.0. The van der Waals surface area contributed by atoms with E-state index in [9.17, 15) is 19.2 Å². The maximum atomic E-state index is 13.0. The molecule has 0 aliphatic carbocycles. The lowest BCUT2D eigenvalue weighted by atomic mass is 9.94. The van der Waals surface area contributed by atoms with E-state index in [0.29, 0.717) is 55.4 Å². The molecule has 1 aromatic rings. The number of rotatable bonds is 14. The summed E-state index contributed by atoms with van der Waals surface area (Å²) in [5, 5.41) is 0. The molecular weight excluding hydrogens is 488 g/mol. The number of carbonyl (C=O) groups is 4. The van der Waals surface area contributed by atoms with Crippen LogP contribution < -0.4 is 9.47 Å². The lowest BCUT2D eigenvalue weighted by Gasteiger charge is -2.20. The fourth-order valence-corrected chi connectivity index (χ4v) is 4.04. The highest BCUT2D eigenvalue weighted by molar-refractivity contribution is 5.99. The molecule has 1 unspecified atom stereocenters. The Hall–Kier alpha value is -3.16. The number of ether oxygens (including phenoxy) is 4. The van der Waals surface area contributed by atoms with Crippen molar-refractivity contribution in [2.24, 2.45) is 5.92 Å². The number of allylic oxidation sites excluding steroid dienone is 2. The summed E-state index contributed by atoms with van der Waals surface area (Å²) >= 11 is 0. The van der Waals surface area contributed by atoms with Crippen molar-refractivity contribution in [1.29, 1.82) is 0 Å². The van der Waals surface area contributed by atoms with Crippen LogP contribution >= 0.6 is 0 Å². The van der Waals surface area contributed by atoms with Gasteiger partial charge in [-0.3, -0.25) is 9.59 Å². The number of benzene rings is 1. The SMILES string of the molecule is CC.CCCC(=O)OCCCC(C)C(=O)Oc1c(C/C=C(\C)CCC(C)=O)c(OC)c(C)c2c1C(=O)OC2. The topological polar surface area (TPSA) is 105 Å². The zero-order valence-corrected chi connectivity index (χ0v) is 24.3. The molecule has 0 spiro atoms. The van der Waals surface area contributed by atoms with Crippen LogP contribution in [0.15, 0.2) is 11.6 Å². The number of hydrogen-bond donors (Lipinski definition) is 0. The monoisotopic (exact) mass is 532 g/mol. The van der Waals surface area contributed by atoms with Gasteiger partial charge in [0, 0.05) is 24.0 Å². The van der Waals surface area contributed by atoms with E-state index in [-0.39, 0.29) is 36.3 Å². The predicted molar refractivity (Wildman–Crippen MR) is 145 cm³/mol. The molecule has 0 aromatic heterocycles. The van der Waals surface area contributed by atoms with Crippen molar-refractivity contribution in [3.05, 3.63) is 33.9 Å². The second-order valence-corrected chi connectivity index (χ2v) is 9.29. The number of hydrogen-bond acceptors (Lipinski definition) is 8. The van der Waals surface area contributed by atoms with Gasteiger partial charge in [-0.05, 0) is 58.4 Å². The number of ketones is 1. The van der Waals surface area contributed by atoms with Crippen LogP contribution in [0.1, 0.15) is 107 Å². The first-order valence-corrected chi connectivity index (χ1v) is 13.5. The van der Waals surface area contributed by atoms with Gasteiger partial charge in [0.15, 0.2) is 5.75 Å². The molecule has 1 heterocycles. The van der Waals surface area contributed by atoms with Crippen molar-refractivity contribution in [3.63, 3.8) is 0 Å². The Morgan fingerprint density at radius 3 is 2.37 bits per heavy atom. The zero-order chi connectivity index (χ0) is 28.8. The van der Waals surface area contributed by atoms with E-state index >= 15 is 0 Å². The van der Waals surface area contributed by atoms with Gasteiger partial charge >= 0.3 is 17.9 Å². The molecule has 0 saturated heterocycles. The van der Waals surface area contributed by atoms with Crippen LogP contribution in [-0.2, 0) is 36.9 Å². The molecule has 0 N–H and O–H groups in total. The van der Waals surface area contributed by atoms with Gasteiger partial charge in [-0.1, -0.05) is 39.3 Å². The molecule has 212 valence electrons. The Bertz CT molecular complexity index is 1020. The third kappa shape index (κ3) is 9.30. The van der Waals surface area contributed by atoms with Gasteiger partial charge in [-0.25, -0.2) is 4.79 Å². The summed E-state index contributed by atoms with van der Waals surface area (Å²) in [6.45, 7) is 13.3. The lowest BCUT2D eigenvalue weighted by Crippen LogP contribution is -2.21. The molecule has 1 aromatic carbocycles. The molecule has 2 rings (SSSR count). The number of esters is 3. The second kappa shape index (κ2) is 16.6. The molecule has 0 fully saturated rings. The highest BCUT2D eigenvalue weighted by atomic mass is 16.6.